The van der Waals surface area contributed by atoms with Gasteiger partial charge in [-0.15, -0.1) is 5.10 Å². The smallest absolute Gasteiger partial charge is 0.226 e. The van der Waals surface area contributed by atoms with Gasteiger partial charge in [-0.1, -0.05) is 42.5 Å². The Morgan fingerprint density at radius 3 is 2.79 bits per heavy atom. The minimum Gasteiger partial charge on any atom is -0.497 e. The van der Waals surface area contributed by atoms with Crippen molar-refractivity contribution in [2.24, 2.45) is 0 Å². The predicted molar refractivity (Wildman–Crippen MR) is 106 cm³/mol. The molecule has 0 saturated heterocycles. The number of nitrogens with zero attached hydrogens (tertiary/aromatic N) is 3. The molecule has 1 atom stereocenters. The molecule has 0 spiro atoms. The lowest BCUT2D eigenvalue weighted by molar-refractivity contribution is -0.116. The van der Waals surface area contributed by atoms with Crippen molar-refractivity contribution in [3.05, 3.63) is 71.4 Å². The van der Waals surface area contributed by atoms with Gasteiger partial charge in [-0.25, -0.2) is 4.68 Å². The maximum atomic E-state index is 12.8. The van der Waals surface area contributed by atoms with Crippen LogP contribution in [0.4, 0.5) is 5.95 Å². The van der Waals surface area contributed by atoms with Gasteiger partial charge < -0.3 is 10.1 Å². The second-order valence-electron chi connectivity index (χ2n) is 7.04. The molecule has 28 heavy (non-hydrogen) atoms. The molecule has 0 bridgehead atoms. The van der Waals surface area contributed by atoms with Crippen molar-refractivity contribution >= 4 is 11.7 Å². The van der Waals surface area contributed by atoms with E-state index in [1.807, 2.05) is 59.3 Å². The molecule has 6 nitrogen and oxygen atoms in total. The number of carbonyl (C=O) groups is 1. The molecular formula is C22H20N4O2. The van der Waals surface area contributed by atoms with Crippen LogP contribution in [-0.4, -0.2) is 27.7 Å². The lowest BCUT2D eigenvalue weighted by Gasteiger charge is -2.32. The first-order valence-corrected chi connectivity index (χ1v) is 9.44. The van der Waals surface area contributed by atoms with Crippen LogP contribution < -0.4 is 10.1 Å². The zero-order valence-electron chi connectivity index (χ0n) is 15.6. The Morgan fingerprint density at radius 2 is 1.96 bits per heavy atom. The number of hydrogen-bond acceptors (Lipinski definition) is 5. The highest BCUT2D eigenvalue weighted by Gasteiger charge is 2.36. The summed E-state index contributed by atoms with van der Waals surface area (Å²) >= 11 is 0. The van der Waals surface area contributed by atoms with E-state index in [0.29, 0.717) is 18.2 Å². The Kier molecular flexibility index (Phi) is 3.97. The van der Waals surface area contributed by atoms with Crippen molar-refractivity contribution in [1.29, 1.82) is 0 Å². The van der Waals surface area contributed by atoms with Crippen molar-refractivity contribution in [2.75, 3.05) is 12.4 Å². The zero-order valence-corrected chi connectivity index (χ0v) is 15.6. The number of methoxy groups -OCH3 is 1. The summed E-state index contributed by atoms with van der Waals surface area (Å²) in [4.78, 5) is 17.5. The first kappa shape index (κ1) is 16.7. The fourth-order valence-corrected chi connectivity index (χ4v) is 3.98. The first-order chi connectivity index (χ1) is 13.7. The van der Waals surface area contributed by atoms with Crippen LogP contribution in [-0.2, 0) is 4.79 Å². The third-order valence-electron chi connectivity index (χ3n) is 5.31. The van der Waals surface area contributed by atoms with Gasteiger partial charge in [-0.2, -0.15) is 4.98 Å². The minimum absolute atomic E-state index is 0.187. The number of rotatable bonds is 3. The molecule has 2 aromatic carbocycles. The van der Waals surface area contributed by atoms with Crippen molar-refractivity contribution in [3.63, 3.8) is 0 Å². The number of aromatic nitrogens is 3. The zero-order chi connectivity index (χ0) is 19.1. The molecule has 1 aliphatic carbocycles. The van der Waals surface area contributed by atoms with Crippen LogP contribution in [0, 0.1) is 0 Å². The maximum Gasteiger partial charge on any atom is 0.226 e. The maximum absolute atomic E-state index is 12.8. The lowest BCUT2D eigenvalue weighted by Crippen LogP contribution is -2.31. The summed E-state index contributed by atoms with van der Waals surface area (Å²) in [6.45, 7) is 0. The minimum atomic E-state index is -0.257. The molecule has 0 saturated carbocycles. The molecule has 0 amide bonds. The molecule has 1 N–H and O–H groups in total. The molecule has 0 radical (unpaired) electrons. The number of nitrogens with one attached hydrogen (secondary N) is 1. The van der Waals surface area contributed by atoms with Gasteiger partial charge in [0.2, 0.25) is 5.95 Å². The second-order valence-corrected chi connectivity index (χ2v) is 7.04. The van der Waals surface area contributed by atoms with Gasteiger partial charge in [0.1, 0.15) is 11.8 Å². The Labute approximate surface area is 162 Å². The van der Waals surface area contributed by atoms with Gasteiger partial charge in [0.05, 0.1) is 7.11 Å². The van der Waals surface area contributed by atoms with Crippen LogP contribution in [0.15, 0.2) is 65.9 Å². The average Bonchev–Trinajstić information content (AvgIpc) is 3.17. The normalized spacial score (nSPS) is 18.3. The molecule has 6 heteroatoms. The molecule has 2 aliphatic rings. The highest BCUT2D eigenvalue weighted by Crippen LogP contribution is 2.40. The standard InChI is InChI=1S/C22H20N4O2/c1-28-16-10-5-9-15(13-16)21-24-22-23-17-11-6-12-18(27)19(17)20(26(22)25-21)14-7-3-2-4-8-14/h2-5,7-10,13,20H,6,11-12H2,1H3,(H,23,24,25). The van der Waals surface area contributed by atoms with Gasteiger partial charge in [0.25, 0.3) is 0 Å². The third-order valence-corrected chi connectivity index (χ3v) is 5.31. The summed E-state index contributed by atoms with van der Waals surface area (Å²) in [6, 6.07) is 17.5. The van der Waals surface area contributed by atoms with E-state index in [-0.39, 0.29) is 11.8 Å². The molecule has 1 aromatic heterocycles. The fourth-order valence-electron chi connectivity index (χ4n) is 3.98. The average molecular weight is 372 g/mol. The van der Waals surface area contributed by atoms with Gasteiger partial charge >= 0.3 is 0 Å². The van der Waals surface area contributed by atoms with Crippen LogP contribution in [0.5, 0.6) is 5.75 Å². The van der Waals surface area contributed by atoms with Gasteiger partial charge in [-0.05, 0) is 30.5 Å². The molecule has 0 fully saturated rings. The Bertz CT molecular complexity index is 1080. The monoisotopic (exact) mass is 372 g/mol. The molecule has 1 aliphatic heterocycles. The summed E-state index contributed by atoms with van der Waals surface area (Å²) in [5.74, 6) is 2.21. The predicted octanol–water partition coefficient (Wildman–Crippen LogP) is 3.98. The number of ether oxygens (including phenoxy) is 1. The molecule has 2 heterocycles. The molecule has 140 valence electrons. The fraction of sp³-hybridized carbons (Fsp3) is 0.227. The molecule has 5 rings (SSSR count). The molecule has 1 unspecified atom stereocenters. The first-order valence-electron chi connectivity index (χ1n) is 9.44. The Morgan fingerprint density at radius 1 is 1.11 bits per heavy atom. The summed E-state index contributed by atoms with van der Waals surface area (Å²) in [5.41, 5.74) is 3.70. The number of allylic oxidation sites excluding steroid dienone is 2. The van der Waals surface area contributed by atoms with E-state index in [1.54, 1.807) is 7.11 Å². The lowest BCUT2D eigenvalue weighted by atomic mass is 9.85. The van der Waals surface area contributed by atoms with Crippen molar-refractivity contribution in [2.45, 2.75) is 25.3 Å². The Hall–Kier alpha value is -3.41. The van der Waals surface area contributed by atoms with Crippen LogP contribution in [0.3, 0.4) is 0 Å². The van der Waals surface area contributed by atoms with Gasteiger partial charge in [-0.3, -0.25) is 4.79 Å². The SMILES string of the molecule is COc1cccc(-c2nc3n(n2)C(c2ccccc2)C2=C(CCCC2=O)N3)c1. The van der Waals surface area contributed by atoms with Crippen LogP contribution in [0.1, 0.15) is 30.9 Å². The number of benzene rings is 2. The van der Waals surface area contributed by atoms with Crippen LogP contribution in [0.25, 0.3) is 11.4 Å². The van der Waals surface area contributed by atoms with E-state index in [1.165, 1.54) is 0 Å². The van der Waals surface area contributed by atoms with Crippen molar-refractivity contribution in [1.82, 2.24) is 14.8 Å². The largest absolute Gasteiger partial charge is 0.497 e. The van der Waals surface area contributed by atoms with Crippen molar-refractivity contribution < 1.29 is 9.53 Å². The number of fused-ring (bicyclic) bond motifs is 1. The summed E-state index contributed by atoms with van der Waals surface area (Å²) in [5, 5.41) is 8.15. The highest BCUT2D eigenvalue weighted by atomic mass is 16.5. The highest BCUT2D eigenvalue weighted by molar-refractivity contribution is 5.99. The second kappa shape index (κ2) is 6.64. The van der Waals surface area contributed by atoms with E-state index in [4.69, 9.17) is 14.8 Å². The van der Waals surface area contributed by atoms with E-state index in [9.17, 15) is 4.79 Å². The number of hydrogen-bond donors (Lipinski definition) is 1. The summed E-state index contributed by atoms with van der Waals surface area (Å²) < 4.78 is 7.17. The topological polar surface area (TPSA) is 69.0 Å². The summed E-state index contributed by atoms with van der Waals surface area (Å²) in [7, 11) is 1.64. The molecular weight excluding hydrogens is 352 g/mol. The molecule has 3 aromatic rings. The number of carbonyl (C=O) groups excluding carboxylic acids is 1. The number of ketones is 1. The quantitative estimate of drug-likeness (QED) is 0.753. The summed E-state index contributed by atoms with van der Waals surface area (Å²) in [6.07, 6.45) is 2.30. The van der Waals surface area contributed by atoms with E-state index < -0.39 is 0 Å². The third kappa shape index (κ3) is 2.69. The van der Waals surface area contributed by atoms with Crippen LogP contribution in [0.2, 0.25) is 0 Å². The van der Waals surface area contributed by atoms with E-state index >= 15 is 0 Å². The number of Topliss-reactive ketones (excluding diaryl/α,β-unsaturated/α-hetero) is 1. The number of anilines is 1. The van der Waals surface area contributed by atoms with Crippen molar-refractivity contribution in [3.8, 4) is 17.1 Å². The van der Waals surface area contributed by atoms with E-state index in [2.05, 4.69) is 5.32 Å². The van der Waals surface area contributed by atoms with Gasteiger partial charge in [0.15, 0.2) is 11.6 Å². The van der Waals surface area contributed by atoms with Gasteiger partial charge in [0, 0.05) is 23.3 Å². The van der Waals surface area contributed by atoms with Crippen LogP contribution >= 0.6 is 0 Å². The Balaban J connectivity index is 1.66. The van der Waals surface area contributed by atoms with E-state index in [0.717, 1.165) is 41.0 Å².